The Morgan fingerprint density at radius 3 is 2.67 bits per heavy atom. The summed E-state index contributed by atoms with van der Waals surface area (Å²) in [5.41, 5.74) is 0.318. The van der Waals surface area contributed by atoms with E-state index in [-0.39, 0.29) is 0 Å². The molecule has 1 aromatic rings. The second-order valence-corrected chi connectivity index (χ2v) is 5.45. The number of nitrogens with one attached hydrogen (secondary N) is 1. The molecule has 1 unspecified atom stereocenters. The van der Waals surface area contributed by atoms with Crippen LogP contribution in [0.3, 0.4) is 0 Å². The van der Waals surface area contributed by atoms with E-state index in [4.69, 9.17) is 9.84 Å². The van der Waals surface area contributed by atoms with Gasteiger partial charge in [0.25, 0.3) is 0 Å². The molecule has 0 bridgehead atoms. The van der Waals surface area contributed by atoms with Gasteiger partial charge >= 0.3 is 5.97 Å². The normalized spacial score (nSPS) is 13.0. The molecule has 1 atom stereocenters. The Kier molecular flexibility index (Phi) is 4.69. The molecule has 0 heterocycles. The first-order chi connectivity index (χ1) is 8.33. The molecule has 0 aliphatic heterocycles. The molecule has 0 saturated heterocycles. The molecular weight excluding hydrogens is 258 g/mol. The summed E-state index contributed by atoms with van der Waals surface area (Å²) in [6, 6.07) is 4.99. The van der Waals surface area contributed by atoms with Gasteiger partial charge in [-0.2, -0.15) is 4.72 Å². The highest BCUT2D eigenvalue weighted by Crippen LogP contribution is 2.20. The highest BCUT2D eigenvalue weighted by molar-refractivity contribution is 7.88. The zero-order valence-corrected chi connectivity index (χ0v) is 10.9. The molecule has 1 rings (SSSR count). The van der Waals surface area contributed by atoms with Crippen molar-refractivity contribution in [3.63, 3.8) is 0 Å². The Balaban J connectivity index is 3.06. The molecule has 2 N–H and O–H groups in total. The maximum absolute atomic E-state index is 11.1. The summed E-state index contributed by atoms with van der Waals surface area (Å²) in [5, 5.41) is 9.04. The lowest BCUT2D eigenvalue weighted by Gasteiger charge is -2.14. The molecule has 0 fully saturated rings. The van der Waals surface area contributed by atoms with E-state index in [1.807, 2.05) is 0 Å². The molecule has 0 aliphatic carbocycles. The van der Waals surface area contributed by atoms with E-state index in [2.05, 4.69) is 4.72 Å². The van der Waals surface area contributed by atoms with Gasteiger partial charge in [0.05, 0.1) is 12.9 Å². The number of carboxylic acid groups (broad SMARTS) is 1. The second kappa shape index (κ2) is 5.83. The van der Waals surface area contributed by atoms with Crippen LogP contribution >= 0.6 is 0 Å². The topological polar surface area (TPSA) is 92.7 Å². The number of hydrogen-bond donors (Lipinski definition) is 2. The van der Waals surface area contributed by atoms with Gasteiger partial charge in [0, 0.05) is 0 Å². The van der Waals surface area contributed by atoms with Crippen LogP contribution in [0, 0.1) is 0 Å². The van der Waals surface area contributed by atoms with Crippen molar-refractivity contribution in [3.8, 4) is 5.75 Å². The summed E-state index contributed by atoms with van der Waals surface area (Å²) < 4.78 is 29.5. The van der Waals surface area contributed by atoms with Gasteiger partial charge in [-0.25, -0.2) is 8.42 Å². The van der Waals surface area contributed by atoms with Crippen LogP contribution in [0.1, 0.15) is 18.5 Å². The number of carboxylic acids is 1. The third kappa shape index (κ3) is 4.34. The van der Waals surface area contributed by atoms with E-state index in [0.717, 1.165) is 6.26 Å². The van der Waals surface area contributed by atoms with Crippen molar-refractivity contribution in [1.29, 1.82) is 0 Å². The lowest BCUT2D eigenvalue weighted by Crippen LogP contribution is -2.32. The van der Waals surface area contributed by atoms with Gasteiger partial charge in [-0.05, 0) is 24.6 Å². The molecule has 0 aromatic heterocycles. The van der Waals surface area contributed by atoms with Crippen LogP contribution in [-0.4, -0.2) is 32.4 Å². The van der Waals surface area contributed by atoms with Gasteiger partial charge < -0.3 is 9.84 Å². The van der Waals surface area contributed by atoms with Crippen LogP contribution in [0.25, 0.3) is 0 Å². The fraction of sp³-hybridized carbons (Fsp3) is 0.364. The van der Waals surface area contributed by atoms with Crippen LogP contribution in [0.15, 0.2) is 24.3 Å². The number of sulfonamides is 1. The number of carbonyl (C=O) groups is 1. The van der Waals surface area contributed by atoms with Gasteiger partial charge in [0.1, 0.15) is 11.8 Å². The molecule has 0 radical (unpaired) electrons. The predicted molar refractivity (Wildman–Crippen MR) is 66.0 cm³/mol. The van der Waals surface area contributed by atoms with E-state index in [1.165, 1.54) is 12.1 Å². The van der Waals surface area contributed by atoms with Crippen molar-refractivity contribution in [2.24, 2.45) is 0 Å². The zero-order valence-electron chi connectivity index (χ0n) is 10.1. The standard InChI is InChI=1S/C11H15NO5S/c1-3-17-9-6-4-5-8(7-9)10(11(13)14)12-18(2,15)16/h4-7,10,12H,3H2,1-2H3,(H,13,14). The Hall–Kier alpha value is -1.60. The molecule has 0 spiro atoms. The Bertz CT molecular complexity index is 526. The van der Waals surface area contributed by atoms with Crippen molar-refractivity contribution in [1.82, 2.24) is 4.72 Å². The van der Waals surface area contributed by atoms with Crippen LogP contribution in [-0.2, 0) is 14.8 Å². The molecule has 0 aliphatic rings. The molecular formula is C11H15NO5S. The molecule has 18 heavy (non-hydrogen) atoms. The molecule has 6 nitrogen and oxygen atoms in total. The Labute approximate surface area is 106 Å². The van der Waals surface area contributed by atoms with Gasteiger partial charge in [0.15, 0.2) is 0 Å². The number of hydrogen-bond acceptors (Lipinski definition) is 4. The lowest BCUT2D eigenvalue weighted by molar-refractivity contribution is -0.139. The average molecular weight is 273 g/mol. The van der Waals surface area contributed by atoms with E-state index in [0.29, 0.717) is 17.9 Å². The zero-order chi connectivity index (χ0) is 13.8. The summed E-state index contributed by atoms with van der Waals surface area (Å²) in [6.07, 6.45) is 0.912. The van der Waals surface area contributed by atoms with Gasteiger partial charge in [0.2, 0.25) is 10.0 Å². The van der Waals surface area contributed by atoms with Crippen molar-refractivity contribution in [2.75, 3.05) is 12.9 Å². The van der Waals surface area contributed by atoms with Crippen LogP contribution < -0.4 is 9.46 Å². The van der Waals surface area contributed by atoms with Crippen molar-refractivity contribution >= 4 is 16.0 Å². The minimum absolute atomic E-state index is 0.318. The average Bonchev–Trinajstić information content (AvgIpc) is 2.25. The fourth-order valence-corrected chi connectivity index (χ4v) is 2.09. The van der Waals surface area contributed by atoms with E-state index in [9.17, 15) is 13.2 Å². The third-order valence-electron chi connectivity index (χ3n) is 2.08. The first kappa shape index (κ1) is 14.5. The quantitative estimate of drug-likeness (QED) is 0.798. The summed E-state index contributed by atoms with van der Waals surface area (Å²) in [4.78, 5) is 11.1. The largest absolute Gasteiger partial charge is 0.494 e. The first-order valence-electron chi connectivity index (χ1n) is 5.26. The van der Waals surface area contributed by atoms with Gasteiger partial charge in [-0.15, -0.1) is 0 Å². The predicted octanol–water partition coefficient (Wildman–Crippen LogP) is 0.760. The van der Waals surface area contributed by atoms with Crippen LogP contribution in [0.5, 0.6) is 5.75 Å². The number of benzene rings is 1. The first-order valence-corrected chi connectivity index (χ1v) is 7.15. The second-order valence-electron chi connectivity index (χ2n) is 3.67. The molecule has 7 heteroatoms. The fourth-order valence-electron chi connectivity index (χ4n) is 1.43. The monoisotopic (exact) mass is 273 g/mol. The Morgan fingerprint density at radius 1 is 1.50 bits per heavy atom. The van der Waals surface area contributed by atoms with Crippen molar-refractivity contribution in [2.45, 2.75) is 13.0 Å². The number of aliphatic carboxylic acids is 1. The van der Waals surface area contributed by atoms with E-state index in [1.54, 1.807) is 19.1 Å². The molecule has 1 aromatic carbocycles. The van der Waals surface area contributed by atoms with Gasteiger partial charge in [-0.1, -0.05) is 12.1 Å². The van der Waals surface area contributed by atoms with Gasteiger partial charge in [-0.3, -0.25) is 4.79 Å². The van der Waals surface area contributed by atoms with E-state index < -0.39 is 22.0 Å². The van der Waals surface area contributed by atoms with E-state index >= 15 is 0 Å². The molecule has 0 amide bonds. The van der Waals surface area contributed by atoms with Crippen molar-refractivity contribution < 1.29 is 23.1 Å². The maximum atomic E-state index is 11.1. The summed E-state index contributed by atoms with van der Waals surface area (Å²) >= 11 is 0. The molecule has 100 valence electrons. The number of ether oxygens (including phenoxy) is 1. The summed E-state index contributed by atoms with van der Waals surface area (Å²) in [5.74, 6) is -0.773. The smallest absolute Gasteiger partial charge is 0.326 e. The maximum Gasteiger partial charge on any atom is 0.326 e. The minimum atomic E-state index is -3.61. The number of rotatable bonds is 6. The summed E-state index contributed by atoms with van der Waals surface area (Å²) in [6.45, 7) is 2.25. The van der Waals surface area contributed by atoms with Crippen LogP contribution in [0.2, 0.25) is 0 Å². The van der Waals surface area contributed by atoms with Crippen molar-refractivity contribution in [3.05, 3.63) is 29.8 Å². The SMILES string of the molecule is CCOc1cccc(C(NS(C)(=O)=O)C(=O)O)c1. The molecule has 0 saturated carbocycles. The Morgan fingerprint density at radius 2 is 2.17 bits per heavy atom. The summed E-state index contributed by atoms with van der Waals surface area (Å²) in [7, 11) is -3.61. The minimum Gasteiger partial charge on any atom is -0.494 e. The highest BCUT2D eigenvalue weighted by atomic mass is 32.2. The lowest BCUT2D eigenvalue weighted by atomic mass is 10.1. The highest BCUT2D eigenvalue weighted by Gasteiger charge is 2.23. The third-order valence-corrected chi connectivity index (χ3v) is 2.75. The van der Waals surface area contributed by atoms with Crippen LogP contribution in [0.4, 0.5) is 0 Å².